The number of aromatic nitrogens is 1. The first-order chi connectivity index (χ1) is 13.7. The number of morpholine rings is 1. The number of hydrogen-bond acceptors (Lipinski definition) is 3. The van der Waals surface area contributed by atoms with Crippen molar-refractivity contribution in [2.75, 3.05) is 25.0 Å². The second-order valence-electron chi connectivity index (χ2n) is 7.07. The number of carbonyl (C=O) groups excluding carboxylic acids is 1. The molecule has 0 saturated carbocycles. The molecule has 1 aromatic heterocycles. The number of aromatic amines is 1. The lowest BCUT2D eigenvalue weighted by molar-refractivity contribution is -0.121. The maximum absolute atomic E-state index is 12.4. The van der Waals surface area contributed by atoms with Crippen LogP contribution >= 0.6 is 0 Å². The second kappa shape index (κ2) is 8.30. The molecule has 3 aromatic rings. The lowest BCUT2D eigenvalue weighted by Crippen LogP contribution is -2.43. The molecule has 1 aliphatic heterocycles. The molecule has 1 amide bonds. The molecule has 1 saturated heterocycles. The number of H-pyrrole nitrogens is 1. The van der Waals surface area contributed by atoms with E-state index in [0.717, 1.165) is 25.2 Å². The van der Waals surface area contributed by atoms with Crippen molar-refractivity contribution in [3.8, 4) is 12.3 Å². The topological polar surface area (TPSA) is 57.4 Å². The van der Waals surface area contributed by atoms with Crippen LogP contribution in [-0.2, 0) is 16.1 Å². The van der Waals surface area contributed by atoms with Gasteiger partial charge in [-0.1, -0.05) is 24.1 Å². The van der Waals surface area contributed by atoms with E-state index in [2.05, 4.69) is 45.4 Å². The number of rotatable bonds is 5. The van der Waals surface area contributed by atoms with Gasteiger partial charge in [-0.3, -0.25) is 9.69 Å². The van der Waals surface area contributed by atoms with E-state index in [1.165, 1.54) is 10.9 Å². The molecule has 2 aromatic carbocycles. The zero-order valence-corrected chi connectivity index (χ0v) is 15.7. The third-order valence-electron chi connectivity index (χ3n) is 5.02. The minimum atomic E-state index is -0.122. The Kier molecular flexibility index (Phi) is 5.43. The molecule has 1 fully saturated rings. The van der Waals surface area contributed by atoms with Crippen molar-refractivity contribution in [1.82, 2.24) is 9.88 Å². The molecule has 2 N–H and O–H groups in total. The average molecular weight is 373 g/mol. The first-order valence-electron chi connectivity index (χ1n) is 9.47. The minimum Gasteiger partial charge on any atom is -0.375 e. The van der Waals surface area contributed by atoms with Crippen LogP contribution in [0.25, 0.3) is 10.9 Å². The lowest BCUT2D eigenvalue weighted by atomic mass is 10.1. The van der Waals surface area contributed by atoms with E-state index in [1.807, 2.05) is 30.5 Å². The standard InChI is InChI=1S/C23H23N3O2/c1-2-18-5-3-4-6-22(18)25-23(27)14-20-16-26(11-12-28-20)15-17-7-8-21-19(13-17)9-10-24-21/h1,3-10,13,20,24H,11-12,14-16H2,(H,25,27)/t20-/m0/s1. The van der Waals surface area contributed by atoms with Crippen molar-refractivity contribution in [3.05, 3.63) is 65.9 Å². The van der Waals surface area contributed by atoms with Crippen molar-refractivity contribution in [2.45, 2.75) is 19.1 Å². The number of hydrogen-bond donors (Lipinski definition) is 2. The van der Waals surface area contributed by atoms with Crippen LogP contribution in [0, 0.1) is 12.3 Å². The van der Waals surface area contributed by atoms with Crippen LogP contribution in [0.4, 0.5) is 5.69 Å². The fourth-order valence-electron chi connectivity index (χ4n) is 3.63. The van der Waals surface area contributed by atoms with Crippen molar-refractivity contribution < 1.29 is 9.53 Å². The molecule has 0 aliphatic carbocycles. The second-order valence-corrected chi connectivity index (χ2v) is 7.07. The molecule has 142 valence electrons. The number of carbonyl (C=O) groups is 1. The highest BCUT2D eigenvalue weighted by Gasteiger charge is 2.23. The fourth-order valence-corrected chi connectivity index (χ4v) is 3.63. The molecular formula is C23H23N3O2. The van der Waals surface area contributed by atoms with Crippen LogP contribution in [0.15, 0.2) is 54.7 Å². The zero-order valence-electron chi connectivity index (χ0n) is 15.7. The van der Waals surface area contributed by atoms with Gasteiger partial charge >= 0.3 is 0 Å². The third-order valence-corrected chi connectivity index (χ3v) is 5.02. The Bertz CT molecular complexity index is 1020. The van der Waals surface area contributed by atoms with Gasteiger partial charge in [-0.05, 0) is 41.3 Å². The summed E-state index contributed by atoms with van der Waals surface area (Å²) in [4.78, 5) is 18.0. The SMILES string of the molecule is C#Cc1ccccc1NC(=O)C[C@H]1CN(Cc2ccc3[nH]ccc3c2)CCO1. The van der Waals surface area contributed by atoms with E-state index in [1.54, 1.807) is 0 Å². The van der Waals surface area contributed by atoms with E-state index >= 15 is 0 Å². The molecular weight excluding hydrogens is 350 g/mol. The monoisotopic (exact) mass is 373 g/mol. The van der Waals surface area contributed by atoms with Gasteiger partial charge in [0.25, 0.3) is 0 Å². The summed E-state index contributed by atoms with van der Waals surface area (Å²) in [6, 6.07) is 15.9. The summed E-state index contributed by atoms with van der Waals surface area (Å²) in [6.07, 6.45) is 7.64. The smallest absolute Gasteiger partial charge is 0.227 e. The number of anilines is 1. The van der Waals surface area contributed by atoms with Gasteiger partial charge in [0.05, 0.1) is 24.8 Å². The number of ether oxygens (including phenoxy) is 1. The van der Waals surface area contributed by atoms with Crippen LogP contribution < -0.4 is 5.32 Å². The van der Waals surface area contributed by atoms with Crippen LogP contribution in [-0.4, -0.2) is 41.6 Å². The van der Waals surface area contributed by atoms with E-state index < -0.39 is 0 Å². The molecule has 0 radical (unpaired) electrons. The van der Waals surface area contributed by atoms with Gasteiger partial charge in [0.1, 0.15) is 0 Å². The van der Waals surface area contributed by atoms with Gasteiger partial charge in [0, 0.05) is 36.9 Å². The summed E-state index contributed by atoms with van der Waals surface area (Å²) in [5.74, 6) is 2.51. The Morgan fingerprint density at radius 3 is 3.07 bits per heavy atom. The first-order valence-corrected chi connectivity index (χ1v) is 9.47. The van der Waals surface area contributed by atoms with Gasteiger partial charge in [0.15, 0.2) is 0 Å². The largest absolute Gasteiger partial charge is 0.375 e. The highest BCUT2D eigenvalue weighted by molar-refractivity contribution is 5.92. The van der Waals surface area contributed by atoms with Crippen LogP contribution in [0.3, 0.4) is 0 Å². The number of nitrogens with zero attached hydrogens (tertiary/aromatic N) is 1. The summed E-state index contributed by atoms with van der Waals surface area (Å²) >= 11 is 0. The molecule has 0 unspecified atom stereocenters. The maximum Gasteiger partial charge on any atom is 0.227 e. The molecule has 28 heavy (non-hydrogen) atoms. The number of benzene rings is 2. The molecule has 5 nitrogen and oxygen atoms in total. The number of nitrogens with one attached hydrogen (secondary N) is 2. The van der Waals surface area contributed by atoms with Crippen molar-refractivity contribution in [1.29, 1.82) is 0 Å². The van der Waals surface area contributed by atoms with Gasteiger partial charge in [-0.2, -0.15) is 0 Å². The predicted octanol–water partition coefficient (Wildman–Crippen LogP) is 3.38. The van der Waals surface area contributed by atoms with Crippen molar-refractivity contribution >= 4 is 22.5 Å². The molecule has 5 heteroatoms. The van der Waals surface area contributed by atoms with Crippen LogP contribution in [0.1, 0.15) is 17.5 Å². The van der Waals surface area contributed by atoms with E-state index in [4.69, 9.17) is 11.2 Å². The van der Waals surface area contributed by atoms with E-state index in [9.17, 15) is 4.79 Å². The summed E-state index contributed by atoms with van der Waals surface area (Å²) in [6.45, 7) is 3.08. The van der Waals surface area contributed by atoms with Crippen LogP contribution in [0.2, 0.25) is 0 Å². The quantitative estimate of drug-likeness (QED) is 0.674. The maximum atomic E-state index is 12.4. The highest BCUT2D eigenvalue weighted by Crippen LogP contribution is 2.19. The Balaban J connectivity index is 1.34. The van der Waals surface area contributed by atoms with Crippen molar-refractivity contribution in [3.63, 3.8) is 0 Å². The molecule has 2 heterocycles. The number of amides is 1. The van der Waals surface area contributed by atoms with E-state index in [-0.39, 0.29) is 12.0 Å². The average Bonchev–Trinajstić information content (AvgIpc) is 3.16. The van der Waals surface area contributed by atoms with Crippen molar-refractivity contribution in [2.24, 2.45) is 0 Å². The van der Waals surface area contributed by atoms with Gasteiger partial charge in [-0.15, -0.1) is 6.42 Å². The van der Waals surface area contributed by atoms with Crippen LogP contribution in [0.5, 0.6) is 0 Å². The Labute approximate surface area is 164 Å². The zero-order chi connectivity index (χ0) is 19.3. The first kappa shape index (κ1) is 18.3. The number of para-hydroxylation sites is 1. The normalized spacial score (nSPS) is 17.3. The molecule has 4 rings (SSSR count). The number of terminal acetylenes is 1. The molecule has 0 bridgehead atoms. The van der Waals surface area contributed by atoms with E-state index in [0.29, 0.717) is 24.3 Å². The van der Waals surface area contributed by atoms with Gasteiger partial charge in [0.2, 0.25) is 5.91 Å². The highest BCUT2D eigenvalue weighted by atomic mass is 16.5. The Hall–Kier alpha value is -3.07. The summed E-state index contributed by atoms with van der Waals surface area (Å²) < 4.78 is 5.82. The summed E-state index contributed by atoms with van der Waals surface area (Å²) in [5.41, 5.74) is 3.76. The minimum absolute atomic E-state index is 0.0803. The number of fused-ring (bicyclic) bond motifs is 1. The summed E-state index contributed by atoms with van der Waals surface area (Å²) in [5, 5.41) is 4.12. The Morgan fingerprint density at radius 2 is 2.18 bits per heavy atom. The molecule has 0 spiro atoms. The Morgan fingerprint density at radius 1 is 1.29 bits per heavy atom. The van der Waals surface area contributed by atoms with Gasteiger partial charge in [-0.25, -0.2) is 0 Å². The molecule has 1 atom stereocenters. The lowest BCUT2D eigenvalue weighted by Gasteiger charge is -2.32. The summed E-state index contributed by atoms with van der Waals surface area (Å²) in [7, 11) is 0. The fraction of sp³-hybridized carbons (Fsp3) is 0.261. The molecule has 1 aliphatic rings. The van der Waals surface area contributed by atoms with Gasteiger partial charge < -0.3 is 15.0 Å². The predicted molar refractivity (Wildman–Crippen MR) is 111 cm³/mol. The third kappa shape index (κ3) is 4.25.